The quantitative estimate of drug-likeness (QED) is 0.817. The van der Waals surface area contributed by atoms with E-state index in [-0.39, 0.29) is 0 Å². The number of hydrogen-bond donors (Lipinski definition) is 1. The van der Waals surface area contributed by atoms with Gasteiger partial charge in [0.15, 0.2) is 0 Å². The SMILES string of the molecule is CCCN(CCC)c1ncc(C)c(/C(C#N)=C2/C=CC=CN2)n1. The highest BCUT2D eigenvalue weighted by Gasteiger charge is 2.16. The summed E-state index contributed by atoms with van der Waals surface area (Å²) in [4.78, 5) is 11.3. The average molecular weight is 309 g/mol. The first-order valence-electron chi connectivity index (χ1n) is 8.04. The maximum absolute atomic E-state index is 9.61. The van der Waals surface area contributed by atoms with Gasteiger partial charge in [0.2, 0.25) is 5.95 Å². The summed E-state index contributed by atoms with van der Waals surface area (Å²) in [5.41, 5.74) is 2.90. The maximum atomic E-state index is 9.61. The third-order valence-corrected chi connectivity index (χ3v) is 3.56. The Morgan fingerprint density at radius 1 is 1.26 bits per heavy atom. The van der Waals surface area contributed by atoms with E-state index >= 15 is 0 Å². The summed E-state index contributed by atoms with van der Waals surface area (Å²) in [6.45, 7) is 8.04. The van der Waals surface area contributed by atoms with E-state index in [0.717, 1.165) is 37.2 Å². The van der Waals surface area contributed by atoms with Crippen LogP contribution in [0.3, 0.4) is 0 Å². The highest BCUT2D eigenvalue weighted by Crippen LogP contribution is 2.22. The Morgan fingerprint density at radius 2 is 2.00 bits per heavy atom. The first kappa shape index (κ1) is 16.8. The van der Waals surface area contributed by atoms with E-state index in [1.165, 1.54) is 0 Å². The predicted octanol–water partition coefficient (Wildman–Crippen LogP) is 3.32. The second-order valence-electron chi connectivity index (χ2n) is 5.45. The molecule has 0 saturated heterocycles. The molecular formula is C18H23N5. The van der Waals surface area contributed by atoms with Gasteiger partial charge in [-0.1, -0.05) is 19.9 Å². The third-order valence-electron chi connectivity index (χ3n) is 3.56. The summed E-state index contributed by atoms with van der Waals surface area (Å²) in [6, 6.07) is 2.28. The van der Waals surface area contributed by atoms with Gasteiger partial charge in [-0.25, -0.2) is 9.97 Å². The fourth-order valence-electron chi connectivity index (χ4n) is 2.48. The van der Waals surface area contributed by atoms with Crippen molar-refractivity contribution in [1.82, 2.24) is 15.3 Å². The Kier molecular flexibility index (Phi) is 5.93. The number of nitrogens with zero attached hydrogens (tertiary/aromatic N) is 4. The summed E-state index contributed by atoms with van der Waals surface area (Å²) in [6.07, 6.45) is 11.4. The van der Waals surface area contributed by atoms with E-state index in [1.807, 2.05) is 31.4 Å². The normalized spacial score (nSPS) is 15.0. The lowest BCUT2D eigenvalue weighted by molar-refractivity contribution is 0.719. The van der Waals surface area contributed by atoms with Gasteiger partial charge in [0.1, 0.15) is 11.6 Å². The summed E-state index contributed by atoms with van der Waals surface area (Å²) in [5, 5.41) is 12.7. The predicted molar refractivity (Wildman–Crippen MR) is 93.5 cm³/mol. The lowest BCUT2D eigenvalue weighted by atomic mass is 10.1. The smallest absolute Gasteiger partial charge is 0.225 e. The fourth-order valence-corrected chi connectivity index (χ4v) is 2.48. The summed E-state index contributed by atoms with van der Waals surface area (Å²) in [5.74, 6) is 0.693. The number of rotatable bonds is 6. The monoisotopic (exact) mass is 309 g/mol. The highest BCUT2D eigenvalue weighted by atomic mass is 15.2. The van der Waals surface area contributed by atoms with Gasteiger partial charge < -0.3 is 10.2 Å². The molecule has 2 heterocycles. The number of anilines is 1. The van der Waals surface area contributed by atoms with Crippen LogP contribution >= 0.6 is 0 Å². The third kappa shape index (κ3) is 3.98. The molecule has 1 N–H and O–H groups in total. The first-order valence-corrected chi connectivity index (χ1v) is 8.04. The molecule has 5 nitrogen and oxygen atoms in total. The van der Waals surface area contributed by atoms with Crippen LogP contribution in [0.5, 0.6) is 0 Å². The molecule has 0 aromatic carbocycles. The lowest BCUT2D eigenvalue weighted by Crippen LogP contribution is -2.27. The maximum Gasteiger partial charge on any atom is 0.225 e. The molecule has 0 atom stereocenters. The second kappa shape index (κ2) is 8.14. The lowest BCUT2D eigenvalue weighted by Gasteiger charge is -2.22. The molecule has 120 valence electrons. The topological polar surface area (TPSA) is 64.8 Å². The van der Waals surface area contributed by atoms with Crippen molar-refractivity contribution in [2.45, 2.75) is 33.6 Å². The van der Waals surface area contributed by atoms with E-state index in [2.05, 4.69) is 35.1 Å². The van der Waals surface area contributed by atoms with Crippen LogP contribution in [0, 0.1) is 18.3 Å². The number of nitriles is 1. The van der Waals surface area contributed by atoms with Crippen molar-refractivity contribution in [3.8, 4) is 6.07 Å². The van der Waals surface area contributed by atoms with Crippen molar-refractivity contribution < 1.29 is 0 Å². The number of aryl methyl sites for hydroxylation is 1. The Bertz CT molecular complexity index is 673. The van der Waals surface area contributed by atoms with Gasteiger partial charge in [-0.15, -0.1) is 0 Å². The highest BCUT2D eigenvalue weighted by molar-refractivity contribution is 5.81. The Hall–Kier alpha value is -2.61. The van der Waals surface area contributed by atoms with Crippen LogP contribution in [0.15, 0.2) is 36.3 Å². The van der Waals surface area contributed by atoms with E-state index in [9.17, 15) is 5.26 Å². The minimum Gasteiger partial charge on any atom is -0.361 e. The summed E-state index contributed by atoms with van der Waals surface area (Å²) in [7, 11) is 0. The van der Waals surface area contributed by atoms with Crippen molar-refractivity contribution in [2.24, 2.45) is 0 Å². The zero-order valence-electron chi connectivity index (χ0n) is 14.0. The molecule has 0 aliphatic carbocycles. The van der Waals surface area contributed by atoms with Crippen molar-refractivity contribution in [3.63, 3.8) is 0 Å². The van der Waals surface area contributed by atoms with Gasteiger partial charge in [0.25, 0.3) is 0 Å². The van der Waals surface area contributed by atoms with E-state index in [0.29, 0.717) is 17.2 Å². The van der Waals surface area contributed by atoms with Gasteiger partial charge in [-0.2, -0.15) is 5.26 Å². The Morgan fingerprint density at radius 3 is 2.57 bits per heavy atom. The molecule has 0 radical (unpaired) electrons. The van der Waals surface area contributed by atoms with E-state index in [1.54, 1.807) is 6.20 Å². The number of dihydropyridines is 1. The van der Waals surface area contributed by atoms with Gasteiger partial charge in [-0.05, 0) is 37.5 Å². The zero-order chi connectivity index (χ0) is 16.7. The fraction of sp³-hybridized carbons (Fsp3) is 0.389. The molecule has 0 spiro atoms. The molecular weight excluding hydrogens is 286 g/mol. The minimum atomic E-state index is 0.541. The van der Waals surface area contributed by atoms with Crippen LogP contribution in [0.25, 0.3) is 5.57 Å². The van der Waals surface area contributed by atoms with Crippen molar-refractivity contribution in [3.05, 3.63) is 47.6 Å². The first-order chi connectivity index (χ1) is 11.2. The molecule has 0 unspecified atom stereocenters. The number of hydrogen-bond acceptors (Lipinski definition) is 5. The summed E-state index contributed by atoms with van der Waals surface area (Å²) >= 11 is 0. The van der Waals surface area contributed by atoms with Crippen LogP contribution in [0.2, 0.25) is 0 Å². The van der Waals surface area contributed by atoms with E-state index in [4.69, 9.17) is 4.98 Å². The molecule has 1 aliphatic heterocycles. The minimum absolute atomic E-state index is 0.541. The Balaban J connectivity index is 2.46. The molecule has 0 amide bonds. The van der Waals surface area contributed by atoms with Crippen LogP contribution in [-0.2, 0) is 0 Å². The van der Waals surface area contributed by atoms with Gasteiger partial charge in [-0.3, -0.25) is 0 Å². The second-order valence-corrected chi connectivity index (χ2v) is 5.45. The van der Waals surface area contributed by atoms with Crippen LogP contribution in [0.1, 0.15) is 37.9 Å². The summed E-state index contributed by atoms with van der Waals surface area (Å²) < 4.78 is 0. The van der Waals surface area contributed by atoms with Crippen molar-refractivity contribution in [2.75, 3.05) is 18.0 Å². The van der Waals surface area contributed by atoms with Gasteiger partial charge in [0.05, 0.1) is 11.4 Å². The van der Waals surface area contributed by atoms with Crippen molar-refractivity contribution >= 4 is 11.5 Å². The Labute approximate surface area is 138 Å². The van der Waals surface area contributed by atoms with Gasteiger partial charge >= 0.3 is 0 Å². The largest absolute Gasteiger partial charge is 0.361 e. The number of aromatic nitrogens is 2. The molecule has 1 aliphatic rings. The zero-order valence-corrected chi connectivity index (χ0v) is 14.0. The van der Waals surface area contributed by atoms with Crippen molar-refractivity contribution in [1.29, 1.82) is 5.26 Å². The molecule has 1 aromatic rings. The molecule has 0 fully saturated rings. The standard InChI is InChI=1S/C18H23N5/c1-4-10-23(11-5-2)18-21-13-14(3)17(22-18)15(12-19)16-8-6-7-9-20-16/h6-9,13,20H,4-5,10-11H2,1-3H3/b16-15-. The van der Waals surface area contributed by atoms with Crippen LogP contribution in [-0.4, -0.2) is 23.1 Å². The van der Waals surface area contributed by atoms with Gasteiger partial charge in [0, 0.05) is 25.5 Å². The molecule has 2 rings (SSSR count). The average Bonchev–Trinajstić information content (AvgIpc) is 2.58. The molecule has 0 saturated carbocycles. The van der Waals surface area contributed by atoms with Crippen LogP contribution in [0.4, 0.5) is 5.95 Å². The molecule has 0 bridgehead atoms. The van der Waals surface area contributed by atoms with Crippen LogP contribution < -0.4 is 10.2 Å². The molecule has 1 aromatic heterocycles. The number of nitrogens with one attached hydrogen (secondary N) is 1. The number of allylic oxidation sites excluding steroid dienone is 4. The van der Waals surface area contributed by atoms with E-state index < -0.39 is 0 Å². The molecule has 5 heteroatoms. The molecule has 23 heavy (non-hydrogen) atoms.